The highest BCUT2D eigenvalue weighted by Gasteiger charge is 2.18. The fourth-order valence-corrected chi connectivity index (χ4v) is 3.88. The van der Waals surface area contributed by atoms with Crippen molar-refractivity contribution < 1.29 is 18.3 Å². The molecule has 0 spiro atoms. The minimum absolute atomic E-state index is 0.00541. The summed E-state index contributed by atoms with van der Waals surface area (Å²) in [6.07, 6.45) is 4.66. The Labute approximate surface area is 125 Å². The Kier molecular flexibility index (Phi) is 5.36. The van der Waals surface area contributed by atoms with Crippen LogP contribution in [-0.4, -0.2) is 49.8 Å². The summed E-state index contributed by atoms with van der Waals surface area (Å²) in [4.78, 5) is 13.2. The molecule has 1 aliphatic rings. The molecule has 1 aromatic carbocycles. The molecule has 1 aliphatic heterocycles. The van der Waals surface area contributed by atoms with Gasteiger partial charge in [0.05, 0.1) is 16.2 Å². The van der Waals surface area contributed by atoms with Crippen LogP contribution in [0.15, 0.2) is 29.2 Å². The largest absolute Gasteiger partial charge is 0.478 e. The monoisotopic (exact) mass is 311 g/mol. The lowest BCUT2D eigenvalue weighted by molar-refractivity contribution is 0.0696. The fourth-order valence-electron chi connectivity index (χ4n) is 2.55. The summed E-state index contributed by atoms with van der Waals surface area (Å²) in [5.74, 6) is -1.07. The van der Waals surface area contributed by atoms with Gasteiger partial charge in [-0.05, 0) is 44.1 Å². The van der Waals surface area contributed by atoms with Crippen LogP contribution in [0.3, 0.4) is 0 Å². The number of carboxylic acids is 1. The third-order valence-electron chi connectivity index (χ3n) is 3.82. The first kappa shape index (κ1) is 16.0. The number of aromatic carboxylic acids is 1. The molecule has 0 atom stereocenters. The average Bonchev–Trinajstić information content (AvgIpc) is 2.74. The smallest absolute Gasteiger partial charge is 0.335 e. The van der Waals surface area contributed by atoms with E-state index in [-0.39, 0.29) is 16.2 Å². The lowest BCUT2D eigenvalue weighted by atomic mass is 10.2. The van der Waals surface area contributed by atoms with Crippen molar-refractivity contribution in [3.05, 3.63) is 29.8 Å². The van der Waals surface area contributed by atoms with Crippen molar-refractivity contribution in [3.8, 4) is 0 Å². The summed E-state index contributed by atoms with van der Waals surface area (Å²) < 4.78 is 24.6. The summed E-state index contributed by atoms with van der Waals surface area (Å²) in [5, 5.41) is 8.94. The molecule has 5 nitrogen and oxygen atoms in total. The highest BCUT2D eigenvalue weighted by atomic mass is 32.2. The van der Waals surface area contributed by atoms with Crippen LogP contribution in [0.4, 0.5) is 0 Å². The topological polar surface area (TPSA) is 74.7 Å². The van der Waals surface area contributed by atoms with Gasteiger partial charge in [-0.15, -0.1) is 0 Å². The Hall–Kier alpha value is -1.40. The van der Waals surface area contributed by atoms with Crippen molar-refractivity contribution >= 4 is 15.8 Å². The van der Waals surface area contributed by atoms with Gasteiger partial charge in [-0.25, -0.2) is 13.2 Å². The normalized spacial score (nSPS) is 17.3. The molecule has 1 fully saturated rings. The second kappa shape index (κ2) is 7.04. The zero-order valence-corrected chi connectivity index (χ0v) is 12.8. The number of nitrogens with zero attached hydrogens (tertiary/aromatic N) is 1. The van der Waals surface area contributed by atoms with E-state index in [0.29, 0.717) is 6.54 Å². The Bertz CT molecular complexity index is 589. The molecule has 0 aliphatic carbocycles. The Balaban J connectivity index is 2.04. The number of benzene rings is 1. The van der Waals surface area contributed by atoms with E-state index >= 15 is 0 Å². The second-order valence-corrected chi connectivity index (χ2v) is 7.52. The van der Waals surface area contributed by atoms with Crippen LogP contribution in [0.2, 0.25) is 0 Å². The van der Waals surface area contributed by atoms with E-state index in [1.165, 1.54) is 37.1 Å². The highest BCUT2D eigenvalue weighted by molar-refractivity contribution is 7.91. The van der Waals surface area contributed by atoms with E-state index in [4.69, 9.17) is 5.11 Å². The molecule has 6 heteroatoms. The number of rotatable bonds is 5. The Morgan fingerprint density at radius 3 is 2.43 bits per heavy atom. The average molecular weight is 311 g/mol. The quantitative estimate of drug-likeness (QED) is 0.900. The molecule has 1 heterocycles. The molecule has 21 heavy (non-hydrogen) atoms. The van der Waals surface area contributed by atoms with E-state index in [2.05, 4.69) is 4.90 Å². The zero-order valence-electron chi connectivity index (χ0n) is 12.0. The van der Waals surface area contributed by atoms with Crippen LogP contribution < -0.4 is 0 Å². The van der Waals surface area contributed by atoms with Gasteiger partial charge in [0.1, 0.15) is 0 Å². The molecule has 1 N–H and O–H groups in total. The van der Waals surface area contributed by atoms with Gasteiger partial charge in [-0.3, -0.25) is 0 Å². The number of hydrogen-bond acceptors (Lipinski definition) is 4. The van der Waals surface area contributed by atoms with Gasteiger partial charge < -0.3 is 10.0 Å². The number of sulfone groups is 1. The predicted octanol–water partition coefficient (Wildman–Crippen LogP) is 2.03. The van der Waals surface area contributed by atoms with E-state index in [1.54, 1.807) is 0 Å². The van der Waals surface area contributed by atoms with Crippen LogP contribution in [0.5, 0.6) is 0 Å². The predicted molar refractivity (Wildman–Crippen MR) is 80.4 cm³/mol. The maximum Gasteiger partial charge on any atom is 0.335 e. The number of hydrogen-bond donors (Lipinski definition) is 1. The van der Waals surface area contributed by atoms with Crippen molar-refractivity contribution in [1.29, 1.82) is 0 Å². The van der Waals surface area contributed by atoms with Gasteiger partial charge in [0.2, 0.25) is 0 Å². The van der Waals surface area contributed by atoms with Gasteiger partial charge in [0, 0.05) is 6.54 Å². The molecule has 0 bridgehead atoms. The third-order valence-corrected chi connectivity index (χ3v) is 5.51. The van der Waals surface area contributed by atoms with Crippen molar-refractivity contribution in [2.75, 3.05) is 25.4 Å². The van der Waals surface area contributed by atoms with E-state index < -0.39 is 15.8 Å². The molecule has 0 radical (unpaired) electrons. The molecule has 0 aromatic heterocycles. The lowest BCUT2D eigenvalue weighted by Gasteiger charge is -2.19. The second-order valence-electron chi connectivity index (χ2n) is 5.41. The molecular formula is C15H21NO4S. The van der Waals surface area contributed by atoms with Crippen LogP contribution in [0.1, 0.15) is 36.0 Å². The zero-order chi connectivity index (χ0) is 15.3. The Morgan fingerprint density at radius 2 is 1.81 bits per heavy atom. The van der Waals surface area contributed by atoms with E-state index in [1.807, 2.05) is 0 Å². The summed E-state index contributed by atoms with van der Waals surface area (Å²) in [6.45, 7) is 2.41. The van der Waals surface area contributed by atoms with Gasteiger partial charge >= 0.3 is 5.97 Å². The molecule has 116 valence electrons. The maximum atomic E-state index is 12.3. The minimum atomic E-state index is -3.43. The first-order chi connectivity index (χ1) is 9.99. The van der Waals surface area contributed by atoms with Crippen LogP contribution >= 0.6 is 0 Å². The van der Waals surface area contributed by atoms with Crippen LogP contribution in [0.25, 0.3) is 0 Å². The highest BCUT2D eigenvalue weighted by Crippen LogP contribution is 2.15. The molecule has 0 amide bonds. The summed E-state index contributed by atoms with van der Waals surface area (Å²) in [5.41, 5.74) is 0.00541. The summed E-state index contributed by atoms with van der Waals surface area (Å²) >= 11 is 0. The number of carboxylic acid groups (broad SMARTS) is 1. The van der Waals surface area contributed by atoms with Gasteiger partial charge in [-0.2, -0.15) is 0 Å². The van der Waals surface area contributed by atoms with Gasteiger partial charge in [0.15, 0.2) is 9.84 Å². The molecule has 2 rings (SSSR count). The Morgan fingerprint density at radius 1 is 1.14 bits per heavy atom. The molecule has 1 saturated heterocycles. The maximum absolute atomic E-state index is 12.3. The fraction of sp³-hybridized carbons (Fsp3) is 0.533. The van der Waals surface area contributed by atoms with Gasteiger partial charge in [-0.1, -0.05) is 18.9 Å². The van der Waals surface area contributed by atoms with Crippen molar-refractivity contribution in [2.24, 2.45) is 0 Å². The number of likely N-dealkylation sites (tertiary alicyclic amines) is 1. The van der Waals surface area contributed by atoms with Crippen molar-refractivity contribution in [1.82, 2.24) is 4.90 Å². The van der Waals surface area contributed by atoms with Crippen LogP contribution in [0, 0.1) is 0 Å². The number of carbonyl (C=O) groups is 1. The third kappa shape index (κ3) is 4.54. The van der Waals surface area contributed by atoms with E-state index in [9.17, 15) is 13.2 Å². The summed E-state index contributed by atoms with van der Waals surface area (Å²) in [6, 6.07) is 5.57. The summed E-state index contributed by atoms with van der Waals surface area (Å²) in [7, 11) is -3.43. The van der Waals surface area contributed by atoms with Crippen molar-refractivity contribution in [3.63, 3.8) is 0 Å². The first-order valence-electron chi connectivity index (χ1n) is 7.27. The SMILES string of the molecule is O=C(O)c1cccc(S(=O)(=O)CCN2CCCCCC2)c1. The lowest BCUT2D eigenvalue weighted by Crippen LogP contribution is -2.30. The standard InChI is InChI=1S/C15H21NO4S/c17-15(18)13-6-5-7-14(12-13)21(19,20)11-10-16-8-3-1-2-4-9-16/h5-7,12H,1-4,8-11H2,(H,17,18). The van der Waals surface area contributed by atoms with Crippen molar-refractivity contribution in [2.45, 2.75) is 30.6 Å². The van der Waals surface area contributed by atoms with Gasteiger partial charge in [0.25, 0.3) is 0 Å². The molecule has 1 aromatic rings. The van der Waals surface area contributed by atoms with Crippen LogP contribution in [-0.2, 0) is 9.84 Å². The minimum Gasteiger partial charge on any atom is -0.478 e. The first-order valence-corrected chi connectivity index (χ1v) is 8.93. The molecule has 0 saturated carbocycles. The molecular weight excluding hydrogens is 290 g/mol. The van der Waals surface area contributed by atoms with E-state index in [0.717, 1.165) is 25.9 Å². The molecule has 0 unspecified atom stereocenters.